The smallest absolute Gasteiger partial charge is 0.207 e. The molecule has 2 aromatic carbocycles. The average molecular weight is 369 g/mol. The van der Waals surface area contributed by atoms with Gasteiger partial charge in [-0.25, -0.2) is 12.8 Å². The molecule has 1 saturated heterocycles. The summed E-state index contributed by atoms with van der Waals surface area (Å²) >= 11 is 0. The highest BCUT2D eigenvalue weighted by Crippen LogP contribution is 2.29. The van der Waals surface area contributed by atoms with Crippen LogP contribution < -0.4 is 0 Å². The maximum atomic E-state index is 13.0. The Morgan fingerprint density at radius 1 is 1.00 bits per heavy atom. The summed E-state index contributed by atoms with van der Waals surface area (Å²) in [5.74, 6) is 5.68. The first-order chi connectivity index (χ1) is 12.5. The first-order valence-corrected chi connectivity index (χ1v) is 10.0. The lowest BCUT2D eigenvalue weighted by Crippen LogP contribution is -2.36. The zero-order valence-electron chi connectivity index (χ0n) is 14.3. The van der Waals surface area contributed by atoms with E-state index in [-0.39, 0.29) is 11.7 Å². The lowest BCUT2D eigenvalue weighted by molar-refractivity contribution is 0.322. The van der Waals surface area contributed by atoms with Crippen molar-refractivity contribution in [2.45, 2.75) is 18.8 Å². The highest BCUT2D eigenvalue weighted by molar-refractivity contribution is 7.92. The number of sulfonamides is 1. The van der Waals surface area contributed by atoms with Gasteiger partial charge in [0.15, 0.2) is 0 Å². The Morgan fingerprint density at radius 2 is 1.65 bits per heavy atom. The molecule has 1 heterocycles. The van der Waals surface area contributed by atoms with E-state index in [2.05, 4.69) is 11.8 Å². The minimum absolute atomic E-state index is 0.254. The number of benzene rings is 2. The third-order valence-corrected chi connectivity index (χ3v) is 6.03. The Morgan fingerprint density at radius 3 is 2.31 bits per heavy atom. The van der Waals surface area contributed by atoms with Crippen molar-refractivity contribution < 1.29 is 12.8 Å². The molecule has 26 heavy (non-hydrogen) atoms. The molecule has 0 radical (unpaired) electrons. The third-order valence-electron chi connectivity index (χ3n) is 4.47. The van der Waals surface area contributed by atoms with Gasteiger partial charge in [-0.15, -0.1) is 0 Å². The summed E-state index contributed by atoms with van der Waals surface area (Å²) < 4.78 is 39.3. The molecule has 0 atom stereocenters. The van der Waals surface area contributed by atoms with Crippen LogP contribution >= 0.6 is 0 Å². The highest BCUT2D eigenvalue weighted by atomic mass is 32.2. The molecule has 0 spiro atoms. The van der Waals surface area contributed by atoms with Gasteiger partial charge in [-0.2, -0.15) is 4.31 Å². The van der Waals surface area contributed by atoms with Crippen LogP contribution in [0, 0.1) is 17.7 Å². The molecule has 0 aliphatic carbocycles. The quantitative estimate of drug-likeness (QED) is 0.770. The van der Waals surface area contributed by atoms with E-state index in [1.165, 1.54) is 27.9 Å². The SMILES string of the molecule is O=S(=O)(C=CC#Cc1ccccc1)N1CCC(c2ccc(F)cc2)CC1. The standard InChI is InChI=1S/C21H20FNO2S/c22-21-11-9-19(10-12-21)20-13-15-23(16-14-20)26(24,25)17-5-4-8-18-6-2-1-3-7-18/h1-3,5-7,9-12,17,20H,13-16H2. The van der Waals surface area contributed by atoms with Gasteiger partial charge in [0.2, 0.25) is 10.0 Å². The Balaban J connectivity index is 1.58. The molecule has 0 saturated carbocycles. The van der Waals surface area contributed by atoms with Crippen LogP contribution in [0.3, 0.4) is 0 Å². The van der Waals surface area contributed by atoms with Gasteiger partial charge in [0, 0.05) is 24.7 Å². The molecular formula is C21H20FNO2S. The molecule has 134 valence electrons. The van der Waals surface area contributed by atoms with Gasteiger partial charge in [0.25, 0.3) is 0 Å². The molecule has 0 bridgehead atoms. The van der Waals surface area contributed by atoms with Crippen molar-refractivity contribution in [3.05, 3.63) is 83.0 Å². The number of nitrogens with zero attached hydrogens (tertiary/aromatic N) is 1. The van der Waals surface area contributed by atoms with Crippen LogP contribution in [0.15, 0.2) is 66.1 Å². The van der Waals surface area contributed by atoms with Gasteiger partial charge in [-0.1, -0.05) is 42.2 Å². The van der Waals surface area contributed by atoms with E-state index in [4.69, 9.17) is 0 Å². The fraction of sp³-hybridized carbons (Fsp3) is 0.238. The largest absolute Gasteiger partial charge is 0.236 e. The van der Waals surface area contributed by atoms with Gasteiger partial charge < -0.3 is 0 Å². The number of halogens is 1. The van der Waals surface area contributed by atoms with Crippen LogP contribution in [0.1, 0.15) is 29.9 Å². The molecule has 5 heteroatoms. The molecule has 0 amide bonds. The molecule has 1 aliphatic heterocycles. The maximum absolute atomic E-state index is 13.0. The number of allylic oxidation sites excluding steroid dienone is 1. The monoisotopic (exact) mass is 369 g/mol. The van der Waals surface area contributed by atoms with E-state index >= 15 is 0 Å². The number of rotatable bonds is 3. The van der Waals surface area contributed by atoms with Crippen LogP contribution in [0.5, 0.6) is 0 Å². The minimum Gasteiger partial charge on any atom is -0.207 e. The van der Waals surface area contributed by atoms with E-state index in [0.29, 0.717) is 13.1 Å². The second-order valence-electron chi connectivity index (χ2n) is 6.21. The van der Waals surface area contributed by atoms with Gasteiger partial charge in [-0.3, -0.25) is 0 Å². The first-order valence-electron chi connectivity index (χ1n) is 8.53. The predicted octanol–water partition coefficient (Wildman–Crippen LogP) is 3.90. The normalized spacial score (nSPS) is 16.3. The van der Waals surface area contributed by atoms with Crippen molar-refractivity contribution >= 4 is 10.0 Å². The summed E-state index contributed by atoms with van der Waals surface area (Å²) in [5, 5.41) is 1.17. The van der Waals surface area contributed by atoms with Crippen LogP contribution in [0.2, 0.25) is 0 Å². The van der Waals surface area contributed by atoms with E-state index in [1.807, 2.05) is 30.3 Å². The molecule has 2 aromatic rings. The molecule has 3 nitrogen and oxygen atoms in total. The van der Waals surface area contributed by atoms with Crippen LogP contribution in [-0.4, -0.2) is 25.8 Å². The molecule has 0 N–H and O–H groups in total. The third kappa shape index (κ3) is 4.81. The Bertz CT molecular complexity index is 917. The predicted molar refractivity (Wildman–Crippen MR) is 101 cm³/mol. The molecule has 1 fully saturated rings. The van der Waals surface area contributed by atoms with Gasteiger partial charge in [0.1, 0.15) is 5.82 Å². The van der Waals surface area contributed by atoms with E-state index in [9.17, 15) is 12.8 Å². The topological polar surface area (TPSA) is 37.4 Å². The Labute approximate surface area is 154 Å². The molecule has 0 aromatic heterocycles. The Kier molecular flexibility index (Phi) is 5.87. The zero-order valence-corrected chi connectivity index (χ0v) is 15.1. The van der Waals surface area contributed by atoms with E-state index in [1.54, 1.807) is 12.1 Å². The maximum Gasteiger partial charge on any atom is 0.236 e. The van der Waals surface area contributed by atoms with E-state index < -0.39 is 10.0 Å². The van der Waals surface area contributed by atoms with Crippen LogP contribution in [0.4, 0.5) is 4.39 Å². The van der Waals surface area contributed by atoms with Crippen LogP contribution in [0.25, 0.3) is 0 Å². The van der Waals surface area contributed by atoms with Gasteiger partial charge >= 0.3 is 0 Å². The van der Waals surface area contributed by atoms with Crippen molar-refractivity contribution in [1.29, 1.82) is 0 Å². The lowest BCUT2D eigenvalue weighted by Gasteiger charge is -2.30. The van der Waals surface area contributed by atoms with Gasteiger partial charge in [0.05, 0.1) is 5.41 Å². The zero-order chi connectivity index (χ0) is 18.4. The first kappa shape index (κ1) is 18.4. The Hall–Kier alpha value is -2.42. The van der Waals surface area contributed by atoms with Gasteiger partial charge in [-0.05, 0) is 48.6 Å². The number of hydrogen-bond acceptors (Lipinski definition) is 2. The summed E-state index contributed by atoms with van der Waals surface area (Å²) in [5.41, 5.74) is 1.90. The molecular weight excluding hydrogens is 349 g/mol. The summed E-state index contributed by atoms with van der Waals surface area (Å²) in [6.45, 7) is 0.918. The van der Waals surface area contributed by atoms with Crippen LogP contribution in [-0.2, 0) is 10.0 Å². The summed E-state index contributed by atoms with van der Waals surface area (Å²) in [4.78, 5) is 0. The molecule has 0 unspecified atom stereocenters. The van der Waals surface area contributed by atoms with Crippen molar-refractivity contribution in [2.24, 2.45) is 0 Å². The fourth-order valence-electron chi connectivity index (χ4n) is 3.03. The number of piperidine rings is 1. The molecule has 3 rings (SSSR count). The van der Waals surface area contributed by atoms with Crippen molar-refractivity contribution in [3.63, 3.8) is 0 Å². The van der Waals surface area contributed by atoms with E-state index in [0.717, 1.165) is 24.0 Å². The highest BCUT2D eigenvalue weighted by Gasteiger charge is 2.26. The lowest BCUT2D eigenvalue weighted by atomic mass is 9.90. The second kappa shape index (κ2) is 8.31. The molecule has 1 aliphatic rings. The van der Waals surface area contributed by atoms with Crippen molar-refractivity contribution in [3.8, 4) is 11.8 Å². The summed E-state index contributed by atoms with van der Waals surface area (Å²) in [6, 6.07) is 15.9. The second-order valence-corrected chi connectivity index (χ2v) is 8.03. The van der Waals surface area contributed by atoms with Crippen molar-refractivity contribution in [1.82, 2.24) is 4.31 Å². The minimum atomic E-state index is -3.46. The number of hydrogen-bond donors (Lipinski definition) is 0. The van der Waals surface area contributed by atoms with Crippen molar-refractivity contribution in [2.75, 3.05) is 13.1 Å². The summed E-state index contributed by atoms with van der Waals surface area (Å²) in [7, 11) is -3.46. The summed E-state index contributed by atoms with van der Waals surface area (Å²) in [6.07, 6.45) is 2.84. The average Bonchev–Trinajstić information content (AvgIpc) is 2.67. The fourth-order valence-corrected chi connectivity index (χ4v) is 4.16.